The van der Waals surface area contributed by atoms with Gasteiger partial charge in [-0.25, -0.2) is 0 Å². The molecule has 0 spiro atoms. The van der Waals surface area contributed by atoms with Gasteiger partial charge < -0.3 is 9.84 Å². The number of hydrogen-bond acceptors (Lipinski definition) is 3. The van der Waals surface area contributed by atoms with Gasteiger partial charge in [-0.15, -0.1) is 6.42 Å². The molecule has 0 aliphatic heterocycles. The molecule has 0 aliphatic rings. The Morgan fingerprint density at radius 2 is 2.25 bits per heavy atom. The highest BCUT2D eigenvalue weighted by Gasteiger charge is 2.21. The summed E-state index contributed by atoms with van der Waals surface area (Å²) in [6.07, 6.45) is 5.18. The maximum absolute atomic E-state index is 11.2. The highest BCUT2D eigenvalue weighted by Crippen LogP contribution is 2.23. The van der Waals surface area contributed by atoms with Crippen LogP contribution in [-0.2, 0) is 11.3 Å². The van der Waals surface area contributed by atoms with Crippen molar-refractivity contribution in [2.24, 2.45) is 5.92 Å². The molecule has 0 radical (unpaired) electrons. The van der Waals surface area contributed by atoms with E-state index in [4.69, 9.17) is 16.3 Å². The predicted octanol–water partition coefficient (Wildman–Crippen LogP) is 2.66. The first-order valence-corrected chi connectivity index (χ1v) is 7.06. The third kappa shape index (κ3) is 4.87. The summed E-state index contributed by atoms with van der Waals surface area (Å²) in [5.74, 6) is 2.20. The number of ether oxygens (including phenoxy) is 1. The molecule has 1 aromatic carbocycles. The van der Waals surface area contributed by atoms with Crippen molar-refractivity contribution < 1.29 is 14.6 Å². The van der Waals surface area contributed by atoms with Crippen molar-refractivity contribution >= 4 is 21.9 Å². The third-order valence-electron chi connectivity index (χ3n) is 2.78. The summed E-state index contributed by atoms with van der Waals surface area (Å²) < 4.78 is 6.35. The zero-order chi connectivity index (χ0) is 15.1. The van der Waals surface area contributed by atoms with Crippen LogP contribution in [0, 0.1) is 18.3 Å². The predicted molar refractivity (Wildman–Crippen MR) is 81.6 cm³/mol. The van der Waals surface area contributed by atoms with E-state index in [1.165, 1.54) is 0 Å². The minimum atomic E-state index is -0.860. The second kappa shape index (κ2) is 7.93. The molecule has 0 fully saturated rings. The van der Waals surface area contributed by atoms with Crippen molar-refractivity contribution in [1.29, 1.82) is 0 Å². The van der Waals surface area contributed by atoms with Gasteiger partial charge in [-0.2, -0.15) is 0 Å². The standard InChI is InChI=1S/C15H18BrNO3/c1-4-7-20-13-6-5-12(16)8-11(13)9-17-14(10(2)3)15(18)19/h1,5-6,8,10,14,17H,7,9H2,2-3H3,(H,18,19). The first-order valence-electron chi connectivity index (χ1n) is 6.26. The lowest BCUT2D eigenvalue weighted by molar-refractivity contribution is -0.140. The van der Waals surface area contributed by atoms with E-state index in [0.717, 1.165) is 10.0 Å². The number of carbonyl (C=O) groups is 1. The Kier molecular flexibility index (Phi) is 6.56. The lowest BCUT2D eigenvalue weighted by Crippen LogP contribution is -2.40. The van der Waals surface area contributed by atoms with Gasteiger partial charge in [-0.1, -0.05) is 35.7 Å². The van der Waals surface area contributed by atoms with Crippen LogP contribution >= 0.6 is 15.9 Å². The Morgan fingerprint density at radius 3 is 2.80 bits per heavy atom. The van der Waals surface area contributed by atoms with Gasteiger partial charge in [0.15, 0.2) is 0 Å². The SMILES string of the molecule is C#CCOc1ccc(Br)cc1CNC(C(=O)O)C(C)C. The maximum Gasteiger partial charge on any atom is 0.320 e. The molecule has 108 valence electrons. The zero-order valence-corrected chi connectivity index (χ0v) is 13.1. The van der Waals surface area contributed by atoms with E-state index >= 15 is 0 Å². The second-order valence-corrected chi connectivity index (χ2v) is 5.60. The summed E-state index contributed by atoms with van der Waals surface area (Å²) in [6.45, 7) is 4.31. The van der Waals surface area contributed by atoms with Crippen molar-refractivity contribution in [2.75, 3.05) is 6.61 Å². The summed E-state index contributed by atoms with van der Waals surface area (Å²) in [6, 6.07) is 4.95. The number of carboxylic acid groups (broad SMARTS) is 1. The van der Waals surface area contributed by atoms with Crippen LogP contribution in [-0.4, -0.2) is 23.7 Å². The number of aliphatic carboxylic acids is 1. The molecular weight excluding hydrogens is 322 g/mol. The molecule has 4 nitrogen and oxygen atoms in total. The molecule has 1 atom stereocenters. The Labute approximate surface area is 127 Å². The third-order valence-corrected chi connectivity index (χ3v) is 3.27. The van der Waals surface area contributed by atoms with E-state index in [9.17, 15) is 4.79 Å². The Bertz CT molecular complexity index is 508. The highest BCUT2D eigenvalue weighted by atomic mass is 79.9. The molecule has 1 aromatic rings. The van der Waals surface area contributed by atoms with Gasteiger partial charge in [0.25, 0.3) is 0 Å². The van der Waals surface area contributed by atoms with Gasteiger partial charge in [0.05, 0.1) is 0 Å². The van der Waals surface area contributed by atoms with Crippen LogP contribution in [0.2, 0.25) is 0 Å². The van der Waals surface area contributed by atoms with Crippen LogP contribution in [0.15, 0.2) is 22.7 Å². The summed E-state index contributed by atoms with van der Waals surface area (Å²) in [7, 11) is 0. The largest absolute Gasteiger partial charge is 0.481 e. The molecular formula is C15H18BrNO3. The average Bonchev–Trinajstić information content (AvgIpc) is 2.37. The fourth-order valence-corrected chi connectivity index (χ4v) is 2.18. The number of halogens is 1. The van der Waals surface area contributed by atoms with E-state index in [-0.39, 0.29) is 12.5 Å². The summed E-state index contributed by atoms with van der Waals surface area (Å²) in [5, 5.41) is 12.2. The number of nitrogens with one attached hydrogen (secondary N) is 1. The smallest absolute Gasteiger partial charge is 0.320 e. The van der Waals surface area contributed by atoms with E-state index in [1.807, 2.05) is 32.0 Å². The minimum absolute atomic E-state index is 0.00488. The normalized spacial score (nSPS) is 11.9. The molecule has 0 heterocycles. The Balaban J connectivity index is 2.82. The fourth-order valence-electron chi connectivity index (χ4n) is 1.77. The minimum Gasteiger partial charge on any atom is -0.481 e. The number of terminal acetylenes is 1. The monoisotopic (exact) mass is 339 g/mol. The molecule has 0 aliphatic carbocycles. The number of rotatable bonds is 7. The van der Waals surface area contributed by atoms with E-state index in [0.29, 0.717) is 12.3 Å². The van der Waals surface area contributed by atoms with E-state index in [2.05, 4.69) is 27.2 Å². The molecule has 0 saturated carbocycles. The second-order valence-electron chi connectivity index (χ2n) is 4.69. The molecule has 0 saturated heterocycles. The molecule has 1 rings (SSSR count). The van der Waals surface area contributed by atoms with E-state index in [1.54, 1.807) is 0 Å². The molecule has 5 heteroatoms. The van der Waals surface area contributed by atoms with Crippen LogP contribution in [0.3, 0.4) is 0 Å². The quantitative estimate of drug-likeness (QED) is 0.750. The number of benzene rings is 1. The molecule has 0 amide bonds. The Morgan fingerprint density at radius 1 is 1.55 bits per heavy atom. The highest BCUT2D eigenvalue weighted by molar-refractivity contribution is 9.10. The van der Waals surface area contributed by atoms with Crippen molar-refractivity contribution in [1.82, 2.24) is 5.32 Å². The van der Waals surface area contributed by atoms with Crippen molar-refractivity contribution in [3.05, 3.63) is 28.2 Å². The van der Waals surface area contributed by atoms with Gasteiger partial charge in [-0.3, -0.25) is 10.1 Å². The zero-order valence-electron chi connectivity index (χ0n) is 11.5. The molecule has 0 bridgehead atoms. The number of hydrogen-bond donors (Lipinski definition) is 2. The lowest BCUT2D eigenvalue weighted by Gasteiger charge is -2.19. The molecule has 20 heavy (non-hydrogen) atoms. The lowest BCUT2D eigenvalue weighted by atomic mass is 10.0. The van der Waals surface area contributed by atoms with Gasteiger partial charge >= 0.3 is 5.97 Å². The van der Waals surface area contributed by atoms with Crippen molar-refractivity contribution in [2.45, 2.75) is 26.4 Å². The summed E-state index contributed by atoms with van der Waals surface area (Å²) in [5.41, 5.74) is 0.863. The summed E-state index contributed by atoms with van der Waals surface area (Å²) >= 11 is 3.39. The van der Waals surface area contributed by atoms with Gasteiger partial charge in [0.2, 0.25) is 0 Å². The summed E-state index contributed by atoms with van der Waals surface area (Å²) in [4.78, 5) is 11.2. The first kappa shape index (κ1) is 16.5. The molecule has 0 aromatic heterocycles. The van der Waals surface area contributed by atoms with Crippen LogP contribution in [0.5, 0.6) is 5.75 Å². The van der Waals surface area contributed by atoms with Gasteiger partial charge in [0, 0.05) is 16.6 Å². The van der Waals surface area contributed by atoms with Crippen LogP contribution in [0.25, 0.3) is 0 Å². The van der Waals surface area contributed by atoms with Gasteiger partial charge in [-0.05, 0) is 24.1 Å². The van der Waals surface area contributed by atoms with E-state index < -0.39 is 12.0 Å². The van der Waals surface area contributed by atoms with Crippen LogP contribution in [0.1, 0.15) is 19.4 Å². The maximum atomic E-state index is 11.2. The van der Waals surface area contributed by atoms with Crippen LogP contribution in [0.4, 0.5) is 0 Å². The Hall–Kier alpha value is -1.51. The average molecular weight is 340 g/mol. The topological polar surface area (TPSA) is 58.6 Å². The first-order chi connectivity index (χ1) is 9.45. The van der Waals surface area contributed by atoms with Crippen molar-refractivity contribution in [3.8, 4) is 18.1 Å². The number of carboxylic acids is 1. The molecule has 1 unspecified atom stereocenters. The van der Waals surface area contributed by atoms with Gasteiger partial charge in [0.1, 0.15) is 18.4 Å². The fraction of sp³-hybridized carbons (Fsp3) is 0.400. The molecule has 2 N–H and O–H groups in total. The van der Waals surface area contributed by atoms with Crippen LogP contribution < -0.4 is 10.1 Å². The van der Waals surface area contributed by atoms with Crippen molar-refractivity contribution in [3.63, 3.8) is 0 Å².